The van der Waals surface area contributed by atoms with Gasteiger partial charge >= 0.3 is 0 Å². The Balaban J connectivity index is 1.89. The highest BCUT2D eigenvalue weighted by Crippen LogP contribution is 2.41. The van der Waals surface area contributed by atoms with E-state index in [4.69, 9.17) is 5.73 Å². The average molecular weight is 232 g/mol. The number of imidazole rings is 1. The highest BCUT2D eigenvalue weighted by Gasteiger charge is 2.46. The van der Waals surface area contributed by atoms with Crippen LogP contribution in [0.3, 0.4) is 0 Å². The lowest BCUT2D eigenvalue weighted by atomic mass is 9.63. The van der Waals surface area contributed by atoms with E-state index in [1.807, 2.05) is 0 Å². The Labute approximate surface area is 99.1 Å². The first kappa shape index (κ1) is 10.5. The molecule has 0 bridgehead atoms. The maximum absolute atomic E-state index is 6.00. The first-order chi connectivity index (χ1) is 8.09. The number of nitrogens with zero attached hydrogens (tertiary/aromatic N) is 3. The van der Waals surface area contributed by atoms with Crippen molar-refractivity contribution in [3.63, 3.8) is 0 Å². The predicted octanol–water partition coefficient (Wildman–Crippen LogP) is 0.891. The van der Waals surface area contributed by atoms with Crippen LogP contribution in [0.4, 0.5) is 5.82 Å². The fourth-order valence-electron chi connectivity index (χ4n) is 2.24. The Kier molecular flexibility index (Phi) is 2.09. The summed E-state index contributed by atoms with van der Waals surface area (Å²) in [5.41, 5.74) is 7.63. The van der Waals surface area contributed by atoms with Crippen LogP contribution in [-0.2, 0) is 0 Å². The van der Waals surface area contributed by atoms with Gasteiger partial charge in [-0.1, -0.05) is 13.8 Å². The van der Waals surface area contributed by atoms with E-state index in [2.05, 4.69) is 39.1 Å². The largest absolute Gasteiger partial charge is 0.365 e. The van der Waals surface area contributed by atoms with Gasteiger partial charge in [0, 0.05) is 17.5 Å². The van der Waals surface area contributed by atoms with Crippen LogP contribution in [0.15, 0.2) is 12.7 Å². The van der Waals surface area contributed by atoms with Crippen molar-refractivity contribution in [3.05, 3.63) is 12.7 Å². The second kappa shape index (κ2) is 3.40. The topological polar surface area (TPSA) is 92.5 Å². The summed E-state index contributed by atoms with van der Waals surface area (Å²) in [7, 11) is 0. The van der Waals surface area contributed by atoms with E-state index in [1.165, 1.54) is 6.33 Å². The van der Waals surface area contributed by atoms with E-state index in [0.29, 0.717) is 11.7 Å². The number of anilines is 1. The molecular formula is C11H16N6. The van der Waals surface area contributed by atoms with Crippen molar-refractivity contribution >= 4 is 17.0 Å². The van der Waals surface area contributed by atoms with Gasteiger partial charge in [-0.2, -0.15) is 0 Å². The van der Waals surface area contributed by atoms with Gasteiger partial charge in [-0.25, -0.2) is 15.0 Å². The summed E-state index contributed by atoms with van der Waals surface area (Å²) in [5.74, 6) is 0.803. The molecule has 1 aliphatic rings. The quantitative estimate of drug-likeness (QED) is 0.715. The molecule has 0 radical (unpaired) electrons. The van der Waals surface area contributed by atoms with Crippen LogP contribution in [0.5, 0.6) is 0 Å². The zero-order valence-electron chi connectivity index (χ0n) is 9.94. The highest BCUT2D eigenvalue weighted by molar-refractivity contribution is 5.82. The summed E-state index contributed by atoms with van der Waals surface area (Å²) >= 11 is 0. The molecule has 2 unspecified atom stereocenters. The van der Waals surface area contributed by atoms with Crippen molar-refractivity contribution in [1.29, 1.82) is 0 Å². The van der Waals surface area contributed by atoms with Crippen LogP contribution in [0.25, 0.3) is 11.2 Å². The SMILES string of the molecule is CC1(C)C(N)CC1Nc1ncnc2nc[nH]c12. The average Bonchev–Trinajstić information content (AvgIpc) is 2.77. The molecule has 1 saturated carbocycles. The molecule has 1 aliphatic carbocycles. The number of fused-ring (bicyclic) bond motifs is 1. The number of nitrogens with one attached hydrogen (secondary N) is 2. The molecule has 2 atom stereocenters. The molecular weight excluding hydrogens is 216 g/mol. The van der Waals surface area contributed by atoms with E-state index in [0.717, 1.165) is 17.8 Å². The van der Waals surface area contributed by atoms with Crippen LogP contribution in [0, 0.1) is 5.41 Å². The number of aromatic amines is 1. The molecule has 4 N–H and O–H groups in total. The first-order valence-electron chi connectivity index (χ1n) is 5.75. The van der Waals surface area contributed by atoms with Crippen molar-refractivity contribution in [2.24, 2.45) is 11.1 Å². The molecule has 1 fully saturated rings. The van der Waals surface area contributed by atoms with Gasteiger partial charge in [-0.05, 0) is 6.42 Å². The molecule has 2 heterocycles. The molecule has 2 aromatic heterocycles. The molecule has 6 nitrogen and oxygen atoms in total. The van der Waals surface area contributed by atoms with E-state index in [9.17, 15) is 0 Å². The van der Waals surface area contributed by atoms with Gasteiger partial charge in [0.1, 0.15) is 11.8 Å². The lowest BCUT2D eigenvalue weighted by Crippen LogP contribution is -2.61. The monoisotopic (exact) mass is 232 g/mol. The maximum Gasteiger partial charge on any atom is 0.182 e. The third kappa shape index (κ3) is 1.48. The van der Waals surface area contributed by atoms with Gasteiger partial charge in [0.15, 0.2) is 11.5 Å². The third-order valence-corrected chi connectivity index (χ3v) is 3.88. The van der Waals surface area contributed by atoms with E-state index >= 15 is 0 Å². The number of aromatic nitrogens is 4. The van der Waals surface area contributed by atoms with Crippen LogP contribution in [0.2, 0.25) is 0 Å². The summed E-state index contributed by atoms with van der Waals surface area (Å²) in [4.78, 5) is 15.5. The van der Waals surface area contributed by atoms with Crippen molar-refractivity contribution in [2.45, 2.75) is 32.4 Å². The lowest BCUT2D eigenvalue weighted by Gasteiger charge is -2.50. The summed E-state index contributed by atoms with van der Waals surface area (Å²) in [6, 6.07) is 0.595. The summed E-state index contributed by atoms with van der Waals surface area (Å²) < 4.78 is 0. The molecule has 17 heavy (non-hydrogen) atoms. The smallest absolute Gasteiger partial charge is 0.182 e. The Morgan fingerprint density at radius 3 is 2.94 bits per heavy atom. The molecule has 0 saturated heterocycles. The van der Waals surface area contributed by atoms with Gasteiger partial charge in [-0.15, -0.1) is 0 Å². The number of hydrogen-bond donors (Lipinski definition) is 3. The molecule has 90 valence electrons. The number of H-pyrrole nitrogens is 1. The Bertz CT molecular complexity index is 546. The third-order valence-electron chi connectivity index (χ3n) is 3.88. The normalized spacial score (nSPS) is 26.8. The van der Waals surface area contributed by atoms with Crippen molar-refractivity contribution < 1.29 is 0 Å². The lowest BCUT2D eigenvalue weighted by molar-refractivity contribution is 0.117. The Hall–Kier alpha value is -1.69. The molecule has 0 aromatic carbocycles. The zero-order chi connectivity index (χ0) is 12.0. The number of hydrogen-bond acceptors (Lipinski definition) is 5. The second-order valence-corrected chi connectivity index (χ2v) is 5.18. The molecule has 2 aromatic rings. The Morgan fingerprint density at radius 2 is 2.24 bits per heavy atom. The van der Waals surface area contributed by atoms with Crippen LogP contribution in [-0.4, -0.2) is 32.0 Å². The summed E-state index contributed by atoms with van der Waals surface area (Å²) in [5, 5.41) is 3.43. The van der Waals surface area contributed by atoms with Gasteiger partial charge < -0.3 is 16.0 Å². The standard InChI is InChI=1S/C11H16N6/c1-11(2)6(12)3-7(11)17-10-8-9(14-4-13-8)15-5-16-10/h4-7H,3,12H2,1-2H3,(H2,13,14,15,16,17). The maximum atomic E-state index is 6.00. The molecule has 0 spiro atoms. The van der Waals surface area contributed by atoms with Gasteiger partial charge in [-0.3, -0.25) is 0 Å². The van der Waals surface area contributed by atoms with E-state index < -0.39 is 0 Å². The minimum absolute atomic E-state index is 0.0945. The van der Waals surface area contributed by atoms with E-state index in [-0.39, 0.29) is 11.5 Å². The zero-order valence-corrected chi connectivity index (χ0v) is 9.94. The van der Waals surface area contributed by atoms with Crippen molar-refractivity contribution in [1.82, 2.24) is 19.9 Å². The number of rotatable bonds is 2. The second-order valence-electron chi connectivity index (χ2n) is 5.18. The van der Waals surface area contributed by atoms with Gasteiger partial charge in [0.2, 0.25) is 0 Å². The van der Waals surface area contributed by atoms with Crippen molar-refractivity contribution in [2.75, 3.05) is 5.32 Å². The predicted molar refractivity (Wildman–Crippen MR) is 65.5 cm³/mol. The van der Waals surface area contributed by atoms with E-state index in [1.54, 1.807) is 6.33 Å². The van der Waals surface area contributed by atoms with Crippen LogP contribution >= 0.6 is 0 Å². The van der Waals surface area contributed by atoms with Gasteiger partial charge in [0.25, 0.3) is 0 Å². The summed E-state index contributed by atoms with van der Waals surface area (Å²) in [6.45, 7) is 4.34. The molecule has 0 aliphatic heterocycles. The molecule has 0 amide bonds. The fraction of sp³-hybridized carbons (Fsp3) is 0.545. The Morgan fingerprint density at radius 1 is 1.41 bits per heavy atom. The van der Waals surface area contributed by atoms with Crippen molar-refractivity contribution in [3.8, 4) is 0 Å². The first-order valence-corrected chi connectivity index (χ1v) is 5.75. The molecule has 6 heteroatoms. The molecule has 3 rings (SSSR count). The highest BCUT2D eigenvalue weighted by atomic mass is 15.1. The van der Waals surface area contributed by atoms with Crippen LogP contribution < -0.4 is 11.1 Å². The van der Waals surface area contributed by atoms with Crippen LogP contribution in [0.1, 0.15) is 20.3 Å². The summed E-state index contributed by atoms with van der Waals surface area (Å²) in [6.07, 6.45) is 4.12. The van der Waals surface area contributed by atoms with Gasteiger partial charge in [0.05, 0.1) is 6.33 Å². The minimum atomic E-state index is 0.0945. The number of nitrogens with two attached hydrogens (primary N) is 1. The fourth-order valence-corrected chi connectivity index (χ4v) is 2.24. The minimum Gasteiger partial charge on any atom is -0.365 e.